The lowest BCUT2D eigenvalue weighted by molar-refractivity contribution is 0.112. The van der Waals surface area contributed by atoms with E-state index in [0.29, 0.717) is 6.29 Å². The Bertz CT molecular complexity index is 503. The molecule has 15 heavy (non-hydrogen) atoms. The molecule has 1 aromatic carbocycles. The first-order chi connectivity index (χ1) is 7.22. The SMILES string of the molecule is Cc1nccn1-c1ccc(C=O)c(O)c1. The smallest absolute Gasteiger partial charge is 0.153 e. The molecule has 0 bridgehead atoms. The van der Waals surface area contributed by atoms with Gasteiger partial charge in [0.1, 0.15) is 11.6 Å². The number of benzene rings is 1. The standard InChI is InChI=1S/C11H10N2O2/c1-8-12-4-5-13(8)10-3-2-9(7-14)11(15)6-10/h2-7,15H,1H3. The lowest BCUT2D eigenvalue weighted by Crippen LogP contribution is -1.95. The van der Waals surface area contributed by atoms with Crippen LogP contribution in [0.15, 0.2) is 30.6 Å². The van der Waals surface area contributed by atoms with E-state index in [-0.39, 0.29) is 11.3 Å². The molecule has 2 rings (SSSR count). The molecule has 0 amide bonds. The minimum Gasteiger partial charge on any atom is -0.507 e. The second-order valence-electron chi connectivity index (χ2n) is 3.21. The van der Waals surface area contributed by atoms with Crippen LogP contribution in [0.25, 0.3) is 5.69 Å². The second-order valence-corrected chi connectivity index (χ2v) is 3.21. The maximum atomic E-state index is 10.5. The Morgan fingerprint density at radius 1 is 1.47 bits per heavy atom. The molecule has 0 aliphatic carbocycles. The average molecular weight is 202 g/mol. The van der Waals surface area contributed by atoms with Crippen LogP contribution in [0.5, 0.6) is 5.75 Å². The molecular weight excluding hydrogens is 192 g/mol. The van der Waals surface area contributed by atoms with Crippen molar-refractivity contribution in [3.63, 3.8) is 0 Å². The number of aryl methyl sites for hydroxylation is 1. The van der Waals surface area contributed by atoms with E-state index in [1.807, 2.05) is 11.5 Å². The minimum atomic E-state index is -0.0180. The summed E-state index contributed by atoms with van der Waals surface area (Å²) < 4.78 is 1.83. The molecule has 1 N–H and O–H groups in total. The molecule has 0 saturated heterocycles. The average Bonchev–Trinajstić information content (AvgIpc) is 2.64. The molecule has 2 aromatic rings. The molecule has 0 fully saturated rings. The van der Waals surface area contributed by atoms with E-state index in [0.717, 1.165) is 11.5 Å². The van der Waals surface area contributed by atoms with Crippen LogP contribution in [-0.4, -0.2) is 20.9 Å². The molecule has 0 unspecified atom stereocenters. The highest BCUT2D eigenvalue weighted by molar-refractivity contribution is 5.79. The zero-order chi connectivity index (χ0) is 10.8. The number of phenols is 1. The minimum absolute atomic E-state index is 0.0180. The van der Waals surface area contributed by atoms with Crippen molar-refractivity contribution in [1.29, 1.82) is 0 Å². The Morgan fingerprint density at radius 3 is 2.80 bits per heavy atom. The van der Waals surface area contributed by atoms with E-state index in [1.54, 1.807) is 30.6 Å². The number of phenolic OH excluding ortho intramolecular Hbond substituents is 1. The fourth-order valence-corrected chi connectivity index (χ4v) is 1.43. The van der Waals surface area contributed by atoms with Crippen molar-refractivity contribution in [2.45, 2.75) is 6.92 Å². The van der Waals surface area contributed by atoms with Crippen molar-refractivity contribution in [3.05, 3.63) is 42.0 Å². The van der Waals surface area contributed by atoms with Gasteiger partial charge < -0.3 is 9.67 Å². The molecule has 76 valence electrons. The molecule has 0 aliphatic rings. The van der Waals surface area contributed by atoms with E-state index in [9.17, 15) is 9.90 Å². The zero-order valence-corrected chi connectivity index (χ0v) is 8.21. The molecule has 0 aliphatic heterocycles. The fraction of sp³-hybridized carbons (Fsp3) is 0.0909. The summed E-state index contributed by atoms with van der Waals surface area (Å²) in [6, 6.07) is 4.88. The highest BCUT2D eigenvalue weighted by Crippen LogP contribution is 2.20. The third kappa shape index (κ3) is 1.61. The summed E-state index contributed by atoms with van der Waals surface area (Å²) in [7, 11) is 0. The monoisotopic (exact) mass is 202 g/mol. The molecule has 4 nitrogen and oxygen atoms in total. The predicted octanol–water partition coefficient (Wildman–Crippen LogP) is 1.70. The Morgan fingerprint density at radius 2 is 2.27 bits per heavy atom. The maximum absolute atomic E-state index is 10.5. The molecule has 1 aromatic heterocycles. The van der Waals surface area contributed by atoms with Crippen molar-refractivity contribution < 1.29 is 9.90 Å². The first-order valence-electron chi connectivity index (χ1n) is 4.51. The topological polar surface area (TPSA) is 55.1 Å². The first kappa shape index (κ1) is 9.45. The van der Waals surface area contributed by atoms with Gasteiger partial charge in [0, 0.05) is 18.5 Å². The van der Waals surface area contributed by atoms with E-state index in [4.69, 9.17) is 0 Å². The van der Waals surface area contributed by atoms with Crippen molar-refractivity contribution in [2.24, 2.45) is 0 Å². The Hall–Kier alpha value is -2.10. The van der Waals surface area contributed by atoms with Crippen LogP contribution in [0, 0.1) is 6.92 Å². The molecule has 1 heterocycles. The van der Waals surface area contributed by atoms with Gasteiger partial charge in [0.25, 0.3) is 0 Å². The van der Waals surface area contributed by atoms with E-state index < -0.39 is 0 Å². The van der Waals surface area contributed by atoms with Crippen molar-refractivity contribution in [2.75, 3.05) is 0 Å². The lowest BCUT2D eigenvalue weighted by atomic mass is 10.2. The summed E-state index contributed by atoms with van der Waals surface area (Å²) in [6.45, 7) is 1.87. The van der Waals surface area contributed by atoms with Gasteiger partial charge in [-0.15, -0.1) is 0 Å². The molecule has 0 saturated carbocycles. The number of carbonyl (C=O) groups is 1. The third-order valence-corrected chi connectivity index (χ3v) is 2.24. The van der Waals surface area contributed by atoms with Gasteiger partial charge in [0.05, 0.1) is 11.3 Å². The summed E-state index contributed by atoms with van der Waals surface area (Å²) in [5.74, 6) is 0.809. The van der Waals surface area contributed by atoms with Crippen LogP contribution in [0.4, 0.5) is 0 Å². The highest BCUT2D eigenvalue weighted by Gasteiger charge is 2.04. The van der Waals surface area contributed by atoms with E-state index >= 15 is 0 Å². The van der Waals surface area contributed by atoms with Gasteiger partial charge in [-0.25, -0.2) is 4.98 Å². The van der Waals surface area contributed by atoms with Gasteiger partial charge in [-0.1, -0.05) is 0 Å². The molecule has 0 spiro atoms. The number of hydrogen-bond acceptors (Lipinski definition) is 3. The van der Waals surface area contributed by atoms with Gasteiger partial charge in [0.15, 0.2) is 6.29 Å². The van der Waals surface area contributed by atoms with Crippen LogP contribution >= 0.6 is 0 Å². The van der Waals surface area contributed by atoms with Crippen LogP contribution in [0.3, 0.4) is 0 Å². The van der Waals surface area contributed by atoms with Gasteiger partial charge in [-0.2, -0.15) is 0 Å². The Balaban J connectivity index is 2.52. The number of aromatic nitrogens is 2. The first-order valence-corrected chi connectivity index (χ1v) is 4.51. The predicted molar refractivity (Wildman–Crippen MR) is 55.4 cm³/mol. The molecule has 0 radical (unpaired) electrons. The normalized spacial score (nSPS) is 10.2. The Labute approximate surface area is 86.8 Å². The zero-order valence-electron chi connectivity index (χ0n) is 8.21. The van der Waals surface area contributed by atoms with Gasteiger partial charge >= 0.3 is 0 Å². The third-order valence-electron chi connectivity index (χ3n) is 2.24. The van der Waals surface area contributed by atoms with Crippen molar-refractivity contribution >= 4 is 6.29 Å². The molecule has 4 heteroatoms. The van der Waals surface area contributed by atoms with E-state index in [2.05, 4.69) is 4.98 Å². The fourth-order valence-electron chi connectivity index (χ4n) is 1.43. The highest BCUT2D eigenvalue weighted by atomic mass is 16.3. The number of rotatable bonds is 2. The van der Waals surface area contributed by atoms with Crippen molar-refractivity contribution in [1.82, 2.24) is 9.55 Å². The Kier molecular flexibility index (Phi) is 2.25. The molecule has 0 atom stereocenters. The van der Waals surface area contributed by atoms with Gasteiger partial charge in [0.2, 0.25) is 0 Å². The van der Waals surface area contributed by atoms with Crippen LogP contribution < -0.4 is 0 Å². The summed E-state index contributed by atoms with van der Waals surface area (Å²) in [6.07, 6.45) is 4.10. The van der Waals surface area contributed by atoms with E-state index in [1.165, 1.54) is 0 Å². The number of aromatic hydroxyl groups is 1. The number of nitrogens with zero attached hydrogens (tertiary/aromatic N) is 2. The number of hydrogen-bond donors (Lipinski definition) is 1. The maximum Gasteiger partial charge on any atom is 0.153 e. The quantitative estimate of drug-likeness (QED) is 0.754. The molecular formula is C11H10N2O2. The van der Waals surface area contributed by atoms with Crippen LogP contribution in [-0.2, 0) is 0 Å². The number of carbonyl (C=O) groups excluding carboxylic acids is 1. The summed E-state index contributed by atoms with van der Waals surface area (Å²) in [5.41, 5.74) is 1.07. The summed E-state index contributed by atoms with van der Waals surface area (Å²) in [5, 5.41) is 9.52. The number of imidazole rings is 1. The van der Waals surface area contributed by atoms with Gasteiger partial charge in [-0.05, 0) is 19.1 Å². The summed E-state index contributed by atoms with van der Waals surface area (Å²) >= 11 is 0. The van der Waals surface area contributed by atoms with Crippen molar-refractivity contribution in [3.8, 4) is 11.4 Å². The van der Waals surface area contributed by atoms with Crippen LogP contribution in [0.2, 0.25) is 0 Å². The lowest BCUT2D eigenvalue weighted by Gasteiger charge is -2.06. The van der Waals surface area contributed by atoms with Crippen LogP contribution in [0.1, 0.15) is 16.2 Å². The van der Waals surface area contributed by atoms with Gasteiger partial charge in [-0.3, -0.25) is 4.79 Å². The second kappa shape index (κ2) is 3.57. The number of aldehydes is 1. The summed E-state index contributed by atoms with van der Waals surface area (Å²) in [4.78, 5) is 14.6. The largest absolute Gasteiger partial charge is 0.507 e.